The van der Waals surface area contributed by atoms with Crippen molar-refractivity contribution in [3.8, 4) is 0 Å². The molecule has 5 N–H and O–H groups in total. The van der Waals surface area contributed by atoms with Crippen LogP contribution in [0.15, 0.2) is 23.1 Å². The second kappa shape index (κ2) is 6.21. The number of hydrogen-bond donors (Lipinski definition) is 3. The molecule has 0 saturated carbocycles. The zero-order chi connectivity index (χ0) is 15.6. The van der Waals surface area contributed by atoms with Crippen molar-refractivity contribution < 1.29 is 8.42 Å². The van der Waals surface area contributed by atoms with Gasteiger partial charge in [0, 0.05) is 19.1 Å². The van der Waals surface area contributed by atoms with Gasteiger partial charge in [0.2, 0.25) is 10.0 Å². The highest BCUT2D eigenvalue weighted by Crippen LogP contribution is 2.27. The maximum atomic E-state index is 11.4. The van der Waals surface area contributed by atoms with Crippen LogP contribution < -0.4 is 16.2 Å². The first-order valence-corrected chi connectivity index (χ1v) is 8.73. The lowest BCUT2D eigenvalue weighted by molar-refractivity contribution is 0.266. The van der Waals surface area contributed by atoms with E-state index in [1.54, 1.807) is 12.1 Å². The SMILES string of the molecule is CC(C)N1CCC(CNc2cccc(S(N)(=O)=O)c2N)C1. The number of nitrogen functional groups attached to an aromatic ring is 1. The smallest absolute Gasteiger partial charge is 0.240 e. The summed E-state index contributed by atoms with van der Waals surface area (Å²) in [4.78, 5) is 2.42. The largest absolute Gasteiger partial charge is 0.396 e. The zero-order valence-corrected chi connectivity index (χ0v) is 13.4. The van der Waals surface area contributed by atoms with Gasteiger partial charge in [0.1, 0.15) is 4.90 Å². The normalized spacial score (nSPS) is 20.1. The Bertz CT molecular complexity index is 601. The number of nitrogens with one attached hydrogen (secondary N) is 1. The van der Waals surface area contributed by atoms with Crippen molar-refractivity contribution in [1.82, 2.24) is 4.90 Å². The molecule has 2 rings (SSSR count). The van der Waals surface area contributed by atoms with Gasteiger partial charge in [-0.2, -0.15) is 0 Å². The summed E-state index contributed by atoms with van der Waals surface area (Å²) in [6.07, 6.45) is 1.14. The molecule has 0 aliphatic carbocycles. The first-order chi connectivity index (χ1) is 9.79. The fourth-order valence-electron chi connectivity index (χ4n) is 2.70. The van der Waals surface area contributed by atoms with Crippen molar-refractivity contribution in [1.29, 1.82) is 0 Å². The van der Waals surface area contributed by atoms with Gasteiger partial charge in [-0.3, -0.25) is 0 Å². The van der Waals surface area contributed by atoms with Crippen LogP contribution in [0.3, 0.4) is 0 Å². The maximum Gasteiger partial charge on any atom is 0.240 e. The van der Waals surface area contributed by atoms with Crippen molar-refractivity contribution in [3.63, 3.8) is 0 Å². The third-order valence-electron chi connectivity index (χ3n) is 4.00. The third-order valence-corrected chi connectivity index (χ3v) is 4.97. The van der Waals surface area contributed by atoms with E-state index in [4.69, 9.17) is 10.9 Å². The van der Waals surface area contributed by atoms with Crippen molar-refractivity contribution in [2.45, 2.75) is 31.2 Å². The summed E-state index contributed by atoms with van der Waals surface area (Å²) < 4.78 is 22.9. The summed E-state index contributed by atoms with van der Waals surface area (Å²) in [6, 6.07) is 5.41. The fraction of sp³-hybridized carbons (Fsp3) is 0.571. The quantitative estimate of drug-likeness (QED) is 0.706. The molecule has 0 amide bonds. The topological polar surface area (TPSA) is 101 Å². The van der Waals surface area contributed by atoms with Crippen LogP contribution in [0.5, 0.6) is 0 Å². The Hall–Kier alpha value is -1.31. The van der Waals surface area contributed by atoms with Gasteiger partial charge in [-0.1, -0.05) is 6.07 Å². The predicted octanol–water partition coefficient (Wildman–Crippen LogP) is 1.06. The first-order valence-electron chi connectivity index (χ1n) is 7.18. The van der Waals surface area contributed by atoms with E-state index in [-0.39, 0.29) is 10.6 Å². The number of para-hydroxylation sites is 1. The molecule has 1 unspecified atom stereocenters. The molecule has 1 fully saturated rings. The molecular weight excluding hydrogens is 288 g/mol. The van der Waals surface area contributed by atoms with Crippen molar-refractivity contribution in [3.05, 3.63) is 18.2 Å². The summed E-state index contributed by atoms with van der Waals surface area (Å²) in [6.45, 7) is 7.34. The molecule has 1 atom stereocenters. The fourth-order valence-corrected chi connectivity index (χ4v) is 3.38. The standard InChI is InChI=1S/C14H24N4O2S/c1-10(2)18-7-6-11(9-18)8-17-12-4-3-5-13(14(12)15)21(16,19)20/h3-5,10-11,17H,6-9,15H2,1-2H3,(H2,16,19,20). The molecule has 0 radical (unpaired) electrons. The highest BCUT2D eigenvalue weighted by Gasteiger charge is 2.24. The highest BCUT2D eigenvalue weighted by molar-refractivity contribution is 7.89. The average molecular weight is 312 g/mol. The van der Waals surface area contributed by atoms with E-state index >= 15 is 0 Å². The van der Waals surface area contributed by atoms with Crippen LogP contribution in [-0.2, 0) is 10.0 Å². The van der Waals surface area contributed by atoms with Crippen LogP contribution in [-0.4, -0.2) is 39.0 Å². The van der Waals surface area contributed by atoms with E-state index in [9.17, 15) is 8.42 Å². The number of benzene rings is 1. The molecule has 1 saturated heterocycles. The van der Waals surface area contributed by atoms with Crippen molar-refractivity contribution >= 4 is 21.4 Å². The lowest BCUT2D eigenvalue weighted by atomic mass is 10.1. The van der Waals surface area contributed by atoms with E-state index < -0.39 is 10.0 Å². The highest BCUT2D eigenvalue weighted by atomic mass is 32.2. The Balaban J connectivity index is 2.02. The van der Waals surface area contributed by atoms with Gasteiger partial charge in [0.05, 0.1) is 11.4 Å². The minimum atomic E-state index is -3.79. The van der Waals surface area contributed by atoms with Crippen LogP contribution in [0.25, 0.3) is 0 Å². The van der Waals surface area contributed by atoms with Crippen molar-refractivity contribution in [2.75, 3.05) is 30.7 Å². The Kier molecular flexibility index (Phi) is 4.75. The molecule has 0 spiro atoms. The summed E-state index contributed by atoms with van der Waals surface area (Å²) >= 11 is 0. The van der Waals surface area contributed by atoms with Gasteiger partial charge in [-0.05, 0) is 44.9 Å². The van der Waals surface area contributed by atoms with Gasteiger partial charge >= 0.3 is 0 Å². The lowest BCUT2D eigenvalue weighted by Crippen LogP contribution is -2.29. The Morgan fingerprint density at radius 3 is 2.71 bits per heavy atom. The van der Waals surface area contributed by atoms with E-state index in [0.717, 1.165) is 26.1 Å². The Morgan fingerprint density at radius 2 is 2.14 bits per heavy atom. The number of rotatable bonds is 5. The van der Waals surface area contributed by atoms with Crippen LogP contribution in [0.2, 0.25) is 0 Å². The monoisotopic (exact) mass is 312 g/mol. The molecule has 0 bridgehead atoms. The van der Waals surface area contributed by atoms with Crippen LogP contribution >= 0.6 is 0 Å². The number of hydrogen-bond acceptors (Lipinski definition) is 5. The lowest BCUT2D eigenvalue weighted by Gasteiger charge is -2.20. The maximum absolute atomic E-state index is 11.4. The number of likely N-dealkylation sites (tertiary alicyclic amines) is 1. The van der Waals surface area contributed by atoms with Gasteiger partial charge in [-0.25, -0.2) is 13.6 Å². The van der Waals surface area contributed by atoms with E-state index in [1.807, 2.05) is 0 Å². The predicted molar refractivity (Wildman–Crippen MR) is 85.5 cm³/mol. The molecule has 6 nitrogen and oxygen atoms in total. The third kappa shape index (κ3) is 3.87. The molecular formula is C14H24N4O2S. The van der Waals surface area contributed by atoms with E-state index in [0.29, 0.717) is 17.6 Å². The number of sulfonamides is 1. The Morgan fingerprint density at radius 1 is 1.43 bits per heavy atom. The van der Waals surface area contributed by atoms with Gasteiger partial charge in [-0.15, -0.1) is 0 Å². The number of anilines is 2. The van der Waals surface area contributed by atoms with Gasteiger partial charge in [0.25, 0.3) is 0 Å². The first kappa shape index (κ1) is 16.1. The summed E-state index contributed by atoms with van der Waals surface area (Å²) in [5.74, 6) is 0.546. The summed E-state index contributed by atoms with van der Waals surface area (Å²) in [7, 11) is -3.79. The molecule has 7 heteroatoms. The molecule has 1 aliphatic rings. The van der Waals surface area contributed by atoms with Crippen LogP contribution in [0.4, 0.5) is 11.4 Å². The van der Waals surface area contributed by atoms with Crippen LogP contribution in [0, 0.1) is 5.92 Å². The minimum absolute atomic E-state index is 0.0253. The molecule has 1 aliphatic heterocycles. The molecule has 1 aromatic rings. The number of nitrogens with zero attached hydrogens (tertiary/aromatic N) is 1. The summed E-state index contributed by atoms with van der Waals surface area (Å²) in [5, 5.41) is 8.41. The van der Waals surface area contributed by atoms with Gasteiger partial charge in [0.15, 0.2) is 0 Å². The van der Waals surface area contributed by atoms with E-state index in [1.165, 1.54) is 6.07 Å². The number of nitrogens with two attached hydrogens (primary N) is 2. The Labute approximate surface area is 126 Å². The van der Waals surface area contributed by atoms with Crippen molar-refractivity contribution in [2.24, 2.45) is 11.1 Å². The van der Waals surface area contributed by atoms with Gasteiger partial charge < -0.3 is 16.0 Å². The second-order valence-corrected chi connectivity index (χ2v) is 7.42. The molecule has 0 aromatic heterocycles. The minimum Gasteiger partial charge on any atom is -0.396 e. The molecule has 1 heterocycles. The average Bonchev–Trinajstić information content (AvgIpc) is 2.85. The van der Waals surface area contributed by atoms with E-state index in [2.05, 4.69) is 24.1 Å². The molecule has 1 aromatic carbocycles. The molecule has 21 heavy (non-hydrogen) atoms. The number of primary sulfonamides is 1. The second-order valence-electron chi connectivity index (χ2n) is 5.89. The molecule has 118 valence electrons. The summed E-state index contributed by atoms with van der Waals surface area (Å²) in [5.41, 5.74) is 6.72. The van der Waals surface area contributed by atoms with Crippen LogP contribution in [0.1, 0.15) is 20.3 Å². The zero-order valence-electron chi connectivity index (χ0n) is 12.5.